The molecule has 12 heavy (non-hydrogen) atoms. The second kappa shape index (κ2) is 2.69. The Morgan fingerprint density at radius 1 is 1.67 bits per heavy atom. The van der Waals surface area contributed by atoms with E-state index in [2.05, 4.69) is 0 Å². The Bertz CT molecular complexity index is 255. The van der Waals surface area contributed by atoms with Gasteiger partial charge in [0.1, 0.15) is 0 Å². The molecule has 0 bridgehead atoms. The number of carbonyl (C=O) groups is 1. The molecule has 0 radical (unpaired) electrons. The molecule has 0 aliphatic heterocycles. The number of nitro groups is 1. The second-order valence-corrected chi connectivity index (χ2v) is 3.55. The summed E-state index contributed by atoms with van der Waals surface area (Å²) in [7, 11) is 0. The molecule has 0 spiro atoms. The van der Waals surface area contributed by atoms with Crippen molar-refractivity contribution in [3.8, 4) is 0 Å². The average Bonchev–Trinajstić information content (AvgIpc) is 2.35. The molecule has 0 heterocycles. The molecule has 0 saturated heterocycles. The number of ketones is 1. The van der Waals surface area contributed by atoms with Crippen LogP contribution in [-0.2, 0) is 4.79 Å². The Labute approximate surface area is 70.4 Å². The summed E-state index contributed by atoms with van der Waals surface area (Å²) >= 11 is 0. The summed E-state index contributed by atoms with van der Waals surface area (Å²) in [6.07, 6.45) is 3.33. The molecule has 1 rings (SSSR count). The van der Waals surface area contributed by atoms with Gasteiger partial charge in [0.2, 0.25) is 5.54 Å². The summed E-state index contributed by atoms with van der Waals surface area (Å²) in [4.78, 5) is 21.1. The van der Waals surface area contributed by atoms with Crippen LogP contribution in [0, 0.1) is 16.0 Å². The average molecular weight is 169 g/mol. The van der Waals surface area contributed by atoms with E-state index in [1.165, 1.54) is 6.08 Å². The van der Waals surface area contributed by atoms with Crippen LogP contribution in [-0.4, -0.2) is 16.2 Å². The zero-order valence-corrected chi connectivity index (χ0v) is 7.11. The molecule has 0 aromatic carbocycles. The normalized spacial score (nSPS) is 23.2. The van der Waals surface area contributed by atoms with Crippen molar-refractivity contribution in [2.45, 2.75) is 25.8 Å². The van der Waals surface area contributed by atoms with Crippen LogP contribution in [0.15, 0.2) is 12.2 Å². The monoisotopic (exact) mass is 169 g/mol. The third kappa shape index (κ3) is 1.37. The van der Waals surface area contributed by atoms with Gasteiger partial charge in [0, 0.05) is 25.2 Å². The van der Waals surface area contributed by atoms with Crippen LogP contribution in [0.5, 0.6) is 0 Å². The lowest BCUT2D eigenvalue weighted by molar-refractivity contribution is -0.568. The van der Waals surface area contributed by atoms with Gasteiger partial charge in [-0.25, -0.2) is 0 Å². The minimum Gasteiger partial charge on any atom is -0.295 e. The summed E-state index contributed by atoms with van der Waals surface area (Å²) < 4.78 is 0. The Morgan fingerprint density at radius 2 is 2.25 bits per heavy atom. The lowest BCUT2D eigenvalue weighted by Crippen LogP contribution is -2.38. The van der Waals surface area contributed by atoms with Gasteiger partial charge in [-0.2, -0.15) is 0 Å². The van der Waals surface area contributed by atoms with Gasteiger partial charge in [-0.1, -0.05) is 6.08 Å². The van der Waals surface area contributed by atoms with Crippen LogP contribution in [0.1, 0.15) is 20.3 Å². The predicted molar refractivity (Wildman–Crippen MR) is 43.3 cm³/mol. The second-order valence-electron chi connectivity index (χ2n) is 3.55. The summed E-state index contributed by atoms with van der Waals surface area (Å²) in [5.41, 5.74) is -1.03. The zero-order chi connectivity index (χ0) is 9.35. The minimum absolute atomic E-state index is 0.0186. The van der Waals surface area contributed by atoms with E-state index in [0.717, 1.165) is 0 Å². The van der Waals surface area contributed by atoms with Gasteiger partial charge >= 0.3 is 0 Å². The molecule has 0 fully saturated rings. The van der Waals surface area contributed by atoms with Gasteiger partial charge in [0.05, 0.1) is 5.92 Å². The summed E-state index contributed by atoms with van der Waals surface area (Å²) in [6.45, 7) is 3.08. The van der Waals surface area contributed by atoms with E-state index in [0.29, 0.717) is 0 Å². The molecule has 0 aromatic rings. The summed E-state index contributed by atoms with van der Waals surface area (Å²) in [5.74, 6) is -0.269. The smallest absolute Gasteiger partial charge is 0.223 e. The highest BCUT2D eigenvalue weighted by Crippen LogP contribution is 2.28. The quantitative estimate of drug-likeness (QED) is 0.460. The van der Waals surface area contributed by atoms with E-state index >= 15 is 0 Å². The first kappa shape index (κ1) is 8.90. The fourth-order valence-corrected chi connectivity index (χ4v) is 1.20. The van der Waals surface area contributed by atoms with Gasteiger partial charge in [-0.05, 0) is 6.08 Å². The van der Waals surface area contributed by atoms with Crippen molar-refractivity contribution >= 4 is 5.78 Å². The van der Waals surface area contributed by atoms with E-state index in [4.69, 9.17) is 0 Å². The van der Waals surface area contributed by atoms with Crippen molar-refractivity contribution < 1.29 is 9.72 Å². The SMILES string of the molecule is CC(C)(C1C=CC(=O)C1)[N+](=O)[O-]. The molecule has 0 N–H and O–H groups in total. The molecule has 0 saturated carbocycles. The standard InChI is InChI=1S/C8H11NO3/c1-8(2,9(11)12)6-3-4-7(10)5-6/h3-4,6H,5H2,1-2H3. The summed E-state index contributed by atoms with van der Waals surface area (Å²) in [6, 6.07) is 0. The van der Waals surface area contributed by atoms with E-state index in [1.54, 1.807) is 19.9 Å². The van der Waals surface area contributed by atoms with Crippen LogP contribution >= 0.6 is 0 Å². The van der Waals surface area contributed by atoms with E-state index in [1.807, 2.05) is 0 Å². The van der Waals surface area contributed by atoms with Gasteiger partial charge in [0.25, 0.3) is 0 Å². The molecule has 4 heteroatoms. The first-order valence-corrected chi connectivity index (χ1v) is 3.80. The van der Waals surface area contributed by atoms with Gasteiger partial charge < -0.3 is 0 Å². The highest BCUT2D eigenvalue weighted by molar-refractivity contribution is 5.92. The Hall–Kier alpha value is -1.19. The molecule has 1 aliphatic carbocycles. The number of hydrogen-bond acceptors (Lipinski definition) is 3. The number of allylic oxidation sites excluding steroid dienone is 1. The maximum atomic E-state index is 10.8. The van der Waals surface area contributed by atoms with Crippen LogP contribution in [0.4, 0.5) is 0 Å². The third-order valence-corrected chi connectivity index (χ3v) is 2.31. The van der Waals surface area contributed by atoms with Crippen molar-refractivity contribution in [3.63, 3.8) is 0 Å². The van der Waals surface area contributed by atoms with Crippen LogP contribution in [0.25, 0.3) is 0 Å². The Morgan fingerprint density at radius 3 is 2.58 bits per heavy atom. The van der Waals surface area contributed by atoms with Crippen molar-refractivity contribution in [2.75, 3.05) is 0 Å². The fraction of sp³-hybridized carbons (Fsp3) is 0.625. The van der Waals surface area contributed by atoms with Crippen molar-refractivity contribution in [1.29, 1.82) is 0 Å². The number of rotatable bonds is 2. The lowest BCUT2D eigenvalue weighted by atomic mass is 9.88. The Kier molecular flexibility index (Phi) is 2.00. The zero-order valence-electron chi connectivity index (χ0n) is 7.11. The summed E-state index contributed by atoms with van der Waals surface area (Å²) in [5, 5.41) is 10.6. The molecule has 4 nitrogen and oxygen atoms in total. The molecule has 1 aliphatic rings. The van der Waals surface area contributed by atoms with Crippen LogP contribution < -0.4 is 0 Å². The maximum absolute atomic E-state index is 10.8. The topological polar surface area (TPSA) is 60.2 Å². The van der Waals surface area contributed by atoms with Gasteiger partial charge in [-0.15, -0.1) is 0 Å². The number of carbonyl (C=O) groups excluding carboxylic acids is 1. The maximum Gasteiger partial charge on any atom is 0.223 e. The molecule has 0 aromatic heterocycles. The minimum atomic E-state index is -1.03. The van der Waals surface area contributed by atoms with E-state index in [9.17, 15) is 14.9 Å². The van der Waals surface area contributed by atoms with Crippen molar-refractivity contribution in [3.05, 3.63) is 22.3 Å². The van der Waals surface area contributed by atoms with E-state index < -0.39 is 5.54 Å². The number of nitrogens with zero attached hydrogens (tertiary/aromatic N) is 1. The first-order valence-electron chi connectivity index (χ1n) is 3.80. The fourth-order valence-electron chi connectivity index (χ4n) is 1.20. The van der Waals surface area contributed by atoms with Crippen LogP contribution in [0.2, 0.25) is 0 Å². The lowest BCUT2D eigenvalue weighted by Gasteiger charge is -2.20. The van der Waals surface area contributed by atoms with Crippen molar-refractivity contribution in [1.82, 2.24) is 0 Å². The first-order chi connectivity index (χ1) is 5.44. The largest absolute Gasteiger partial charge is 0.295 e. The molecule has 1 atom stereocenters. The van der Waals surface area contributed by atoms with Crippen LogP contribution in [0.3, 0.4) is 0 Å². The van der Waals surface area contributed by atoms with Crippen molar-refractivity contribution in [2.24, 2.45) is 5.92 Å². The molecule has 0 amide bonds. The molecule has 1 unspecified atom stereocenters. The molecular weight excluding hydrogens is 158 g/mol. The number of hydrogen-bond donors (Lipinski definition) is 0. The molecular formula is C8H11NO3. The van der Waals surface area contributed by atoms with Gasteiger partial charge in [0.15, 0.2) is 5.78 Å². The third-order valence-electron chi connectivity index (χ3n) is 2.31. The molecule has 66 valence electrons. The highest BCUT2D eigenvalue weighted by atomic mass is 16.6. The van der Waals surface area contributed by atoms with E-state index in [-0.39, 0.29) is 23.0 Å². The Balaban J connectivity index is 2.78. The van der Waals surface area contributed by atoms with Gasteiger partial charge in [-0.3, -0.25) is 14.9 Å². The highest BCUT2D eigenvalue weighted by Gasteiger charge is 2.41. The predicted octanol–water partition coefficient (Wildman–Crippen LogP) is 1.19.